The van der Waals surface area contributed by atoms with Crippen LogP contribution >= 0.6 is 0 Å². The van der Waals surface area contributed by atoms with Gasteiger partial charge in [0.25, 0.3) is 0 Å². The zero-order chi connectivity index (χ0) is 11.5. The van der Waals surface area contributed by atoms with Gasteiger partial charge in [-0.05, 0) is 23.6 Å². The van der Waals surface area contributed by atoms with E-state index in [1.807, 2.05) is 12.1 Å². The van der Waals surface area contributed by atoms with E-state index in [2.05, 4.69) is 5.32 Å². The van der Waals surface area contributed by atoms with Crippen LogP contribution in [-0.2, 0) is 17.6 Å². The Hall–Kier alpha value is -1.71. The van der Waals surface area contributed by atoms with Crippen molar-refractivity contribution in [1.82, 2.24) is 5.32 Å². The molecule has 0 bridgehead atoms. The van der Waals surface area contributed by atoms with Gasteiger partial charge in [0.1, 0.15) is 11.5 Å². The number of hydrogen-bond donors (Lipinski definition) is 1. The summed E-state index contributed by atoms with van der Waals surface area (Å²) in [6.07, 6.45) is 1.19. The Balaban J connectivity index is 2.49. The summed E-state index contributed by atoms with van der Waals surface area (Å²) < 4.78 is 10.5. The van der Waals surface area contributed by atoms with Crippen molar-refractivity contribution >= 4 is 5.91 Å². The summed E-state index contributed by atoms with van der Waals surface area (Å²) in [7, 11) is 3.24. The molecule has 0 saturated carbocycles. The van der Waals surface area contributed by atoms with Crippen molar-refractivity contribution in [1.29, 1.82) is 0 Å². The first-order valence-corrected chi connectivity index (χ1v) is 5.25. The highest BCUT2D eigenvalue weighted by Gasteiger charge is 2.17. The minimum Gasteiger partial charge on any atom is -0.497 e. The largest absolute Gasteiger partial charge is 0.497 e. The van der Waals surface area contributed by atoms with Crippen LogP contribution in [0.15, 0.2) is 12.1 Å². The molecular weight excluding hydrogens is 206 g/mol. The minimum absolute atomic E-state index is 0.0501. The molecule has 0 radical (unpaired) electrons. The molecule has 0 aromatic heterocycles. The third kappa shape index (κ3) is 1.96. The maximum Gasteiger partial charge on any atom is 0.224 e. The predicted octanol–water partition coefficient (Wildman–Crippen LogP) is 0.919. The second kappa shape index (κ2) is 4.43. The Morgan fingerprint density at radius 1 is 1.25 bits per heavy atom. The van der Waals surface area contributed by atoms with E-state index in [0.717, 1.165) is 29.0 Å². The van der Waals surface area contributed by atoms with Crippen molar-refractivity contribution in [2.45, 2.75) is 12.8 Å². The summed E-state index contributed by atoms with van der Waals surface area (Å²) in [5.74, 6) is 1.57. The molecule has 2 rings (SSSR count). The van der Waals surface area contributed by atoms with Gasteiger partial charge < -0.3 is 14.8 Å². The van der Waals surface area contributed by atoms with Crippen molar-refractivity contribution in [2.75, 3.05) is 20.8 Å². The molecule has 0 atom stereocenters. The van der Waals surface area contributed by atoms with Gasteiger partial charge >= 0.3 is 0 Å². The lowest BCUT2D eigenvalue weighted by Gasteiger charge is -2.12. The number of rotatable bonds is 2. The molecule has 1 amide bonds. The van der Waals surface area contributed by atoms with Crippen LogP contribution in [0.4, 0.5) is 0 Å². The highest BCUT2D eigenvalue weighted by atomic mass is 16.5. The average molecular weight is 221 g/mol. The smallest absolute Gasteiger partial charge is 0.224 e. The van der Waals surface area contributed by atoms with Crippen molar-refractivity contribution < 1.29 is 14.3 Å². The van der Waals surface area contributed by atoms with Gasteiger partial charge in [-0.1, -0.05) is 0 Å². The number of nitrogens with one attached hydrogen (secondary N) is 1. The molecule has 86 valence electrons. The molecule has 0 spiro atoms. The number of carbonyl (C=O) groups excluding carboxylic acids is 1. The maximum atomic E-state index is 11.5. The molecule has 0 unspecified atom stereocenters. The van der Waals surface area contributed by atoms with Crippen molar-refractivity contribution in [2.24, 2.45) is 0 Å². The van der Waals surface area contributed by atoms with Crippen LogP contribution in [0, 0.1) is 0 Å². The number of ether oxygens (including phenoxy) is 2. The predicted molar refractivity (Wildman–Crippen MR) is 60.0 cm³/mol. The maximum absolute atomic E-state index is 11.5. The van der Waals surface area contributed by atoms with E-state index in [9.17, 15) is 4.79 Å². The second-order valence-corrected chi connectivity index (χ2v) is 3.74. The van der Waals surface area contributed by atoms with Gasteiger partial charge in [0.2, 0.25) is 5.91 Å². The topological polar surface area (TPSA) is 47.6 Å². The molecule has 1 aliphatic heterocycles. The summed E-state index contributed by atoms with van der Waals surface area (Å²) in [5, 5.41) is 2.84. The number of methoxy groups -OCH3 is 2. The van der Waals surface area contributed by atoms with Gasteiger partial charge in [-0.2, -0.15) is 0 Å². The van der Waals surface area contributed by atoms with Crippen molar-refractivity contribution in [3.8, 4) is 11.5 Å². The molecule has 0 saturated heterocycles. The normalized spacial score (nSPS) is 14.8. The molecule has 0 fully saturated rings. The first-order valence-electron chi connectivity index (χ1n) is 5.25. The minimum atomic E-state index is 0.0501. The molecule has 1 heterocycles. The van der Waals surface area contributed by atoms with E-state index >= 15 is 0 Å². The second-order valence-electron chi connectivity index (χ2n) is 3.74. The van der Waals surface area contributed by atoms with Crippen molar-refractivity contribution in [3.05, 3.63) is 23.3 Å². The van der Waals surface area contributed by atoms with Gasteiger partial charge in [-0.25, -0.2) is 0 Å². The molecule has 1 aromatic rings. The molecule has 1 N–H and O–H groups in total. The monoisotopic (exact) mass is 221 g/mol. The first-order chi connectivity index (χ1) is 7.74. The summed E-state index contributed by atoms with van der Waals surface area (Å²) in [6.45, 7) is 0.661. The highest BCUT2D eigenvalue weighted by molar-refractivity contribution is 5.80. The number of carbonyl (C=O) groups is 1. The van der Waals surface area contributed by atoms with E-state index in [1.54, 1.807) is 14.2 Å². The Bertz CT molecular complexity index is 415. The van der Waals surface area contributed by atoms with E-state index in [4.69, 9.17) is 9.47 Å². The van der Waals surface area contributed by atoms with Crippen LogP contribution < -0.4 is 14.8 Å². The summed E-state index contributed by atoms with van der Waals surface area (Å²) in [6, 6.07) is 3.76. The Morgan fingerprint density at radius 3 is 2.75 bits per heavy atom. The molecule has 16 heavy (non-hydrogen) atoms. The molecular formula is C12H15NO3. The van der Waals surface area contributed by atoms with E-state index < -0.39 is 0 Å². The zero-order valence-corrected chi connectivity index (χ0v) is 9.50. The van der Waals surface area contributed by atoms with Crippen LogP contribution in [-0.4, -0.2) is 26.7 Å². The summed E-state index contributed by atoms with van der Waals surface area (Å²) >= 11 is 0. The van der Waals surface area contributed by atoms with Gasteiger partial charge in [0.05, 0.1) is 20.6 Å². The van der Waals surface area contributed by atoms with Crippen LogP contribution in [0.5, 0.6) is 11.5 Å². The van der Waals surface area contributed by atoms with E-state index in [-0.39, 0.29) is 5.91 Å². The van der Waals surface area contributed by atoms with Gasteiger partial charge in [-0.15, -0.1) is 0 Å². The number of benzene rings is 1. The lowest BCUT2D eigenvalue weighted by atomic mass is 10.0. The average Bonchev–Trinajstić information content (AvgIpc) is 2.48. The van der Waals surface area contributed by atoms with Crippen LogP contribution in [0.2, 0.25) is 0 Å². The van der Waals surface area contributed by atoms with Crippen molar-refractivity contribution in [3.63, 3.8) is 0 Å². The SMILES string of the molecule is COc1cc2c(c(OC)c1)CCNC(=O)C2. The van der Waals surface area contributed by atoms with Crippen LogP contribution in [0.3, 0.4) is 0 Å². The molecule has 0 aliphatic carbocycles. The first kappa shape index (κ1) is 10.8. The fraction of sp³-hybridized carbons (Fsp3) is 0.417. The van der Waals surface area contributed by atoms with Gasteiger partial charge in [0.15, 0.2) is 0 Å². The highest BCUT2D eigenvalue weighted by Crippen LogP contribution is 2.30. The lowest BCUT2D eigenvalue weighted by Crippen LogP contribution is -2.24. The standard InChI is InChI=1S/C12H15NO3/c1-15-9-5-8-6-12(14)13-4-3-10(8)11(7-9)16-2/h5,7H,3-4,6H2,1-2H3,(H,13,14). The fourth-order valence-electron chi connectivity index (χ4n) is 1.98. The lowest BCUT2D eigenvalue weighted by molar-refractivity contribution is -0.120. The number of fused-ring (bicyclic) bond motifs is 1. The number of hydrogen-bond acceptors (Lipinski definition) is 3. The van der Waals surface area contributed by atoms with Crippen LogP contribution in [0.1, 0.15) is 11.1 Å². The van der Waals surface area contributed by atoms with Gasteiger partial charge in [0, 0.05) is 12.6 Å². The Morgan fingerprint density at radius 2 is 2.06 bits per heavy atom. The Kier molecular flexibility index (Phi) is 2.99. The molecule has 1 aliphatic rings. The summed E-state index contributed by atoms with van der Waals surface area (Å²) in [4.78, 5) is 11.5. The molecule has 4 nitrogen and oxygen atoms in total. The molecule has 1 aromatic carbocycles. The fourth-order valence-corrected chi connectivity index (χ4v) is 1.98. The van der Waals surface area contributed by atoms with Gasteiger partial charge in [-0.3, -0.25) is 4.79 Å². The third-order valence-corrected chi connectivity index (χ3v) is 2.78. The molecule has 4 heteroatoms. The van der Waals surface area contributed by atoms with E-state index in [0.29, 0.717) is 13.0 Å². The van der Waals surface area contributed by atoms with E-state index in [1.165, 1.54) is 0 Å². The Labute approximate surface area is 94.6 Å². The number of amides is 1. The summed E-state index contributed by atoms with van der Waals surface area (Å²) in [5.41, 5.74) is 2.09. The van der Waals surface area contributed by atoms with Crippen LogP contribution in [0.25, 0.3) is 0 Å². The quantitative estimate of drug-likeness (QED) is 0.807. The third-order valence-electron chi connectivity index (χ3n) is 2.78. The zero-order valence-electron chi connectivity index (χ0n) is 9.50.